The Morgan fingerprint density at radius 1 is 0.604 bits per heavy atom. The number of rotatable bonds is 8. The van der Waals surface area contributed by atoms with Gasteiger partial charge in [0.1, 0.15) is 0 Å². The molecule has 250 valence electrons. The number of benzene rings is 4. The monoisotopic (exact) mass is 714 g/mol. The van der Waals surface area contributed by atoms with Crippen LogP contribution in [0.1, 0.15) is 112 Å². The normalized spacial score (nSPS) is 10.3. The molecule has 1 aromatic heterocycles. The summed E-state index contributed by atoms with van der Waals surface area (Å²) in [5.74, 6) is 0.903. The van der Waals surface area contributed by atoms with Crippen LogP contribution in [-0.4, -0.2) is 4.98 Å². The Balaban J connectivity index is 0.000000417. The Morgan fingerprint density at radius 3 is 1.31 bits per heavy atom. The predicted molar refractivity (Wildman–Crippen MR) is 206 cm³/mol. The second-order valence-corrected chi connectivity index (χ2v) is 12.9. The Labute approximate surface area is 313 Å². The number of aryl methyl sites for hydroxylation is 1. The second-order valence-electron chi connectivity index (χ2n) is 12.9. The quantitative estimate of drug-likeness (QED) is 0.147. The van der Waals surface area contributed by atoms with Crippen LogP contribution < -0.4 is 0 Å². The predicted octanol–water partition coefficient (Wildman–Crippen LogP) is 13.2. The van der Waals surface area contributed by atoms with Gasteiger partial charge in [0.15, 0.2) is 0 Å². The zero-order chi connectivity index (χ0) is 34.7. The maximum absolute atomic E-state index is 5.23. The van der Waals surface area contributed by atoms with Gasteiger partial charge in [0.2, 0.25) is 0 Å². The number of nitrogens with zero attached hydrogens (tertiary/aromatic N) is 2. The standard InChI is InChI=1S/C24H35N2.3C7H7.Zr/c1-8-9-11-19-14-15-22(25-16-19)24(6,7)26-23-20(17(2)3)12-10-13-21(23)18(4)5;3*1-7-5-3-2-4-6-7;/h10,12-18H,8-9,11H2,1-7H3;3*2-6H,1H2;/q4*-1;+4. The molecule has 0 unspecified atom stereocenters. The van der Waals surface area contributed by atoms with E-state index >= 15 is 0 Å². The van der Waals surface area contributed by atoms with Crippen LogP contribution in [0, 0.1) is 20.8 Å². The van der Waals surface area contributed by atoms with Gasteiger partial charge in [-0.3, -0.25) is 4.98 Å². The molecule has 2 nitrogen and oxygen atoms in total. The van der Waals surface area contributed by atoms with Crippen molar-refractivity contribution in [2.24, 2.45) is 0 Å². The van der Waals surface area contributed by atoms with Crippen molar-refractivity contribution in [3.8, 4) is 0 Å². The average molecular weight is 716 g/mol. The minimum Gasteiger partial charge on any atom is -0.674 e. The third-order valence-corrected chi connectivity index (χ3v) is 7.53. The first-order valence-corrected chi connectivity index (χ1v) is 16.9. The Kier molecular flexibility index (Phi) is 20.1. The van der Waals surface area contributed by atoms with Crippen LogP contribution in [0.25, 0.3) is 5.32 Å². The Morgan fingerprint density at radius 2 is 1.02 bits per heavy atom. The molecule has 0 aliphatic carbocycles. The molecule has 1 heterocycles. The molecule has 0 bridgehead atoms. The first-order chi connectivity index (χ1) is 22.4. The number of para-hydroxylation sites is 1. The van der Waals surface area contributed by atoms with Crippen LogP contribution >= 0.6 is 0 Å². The van der Waals surface area contributed by atoms with E-state index in [0.717, 1.165) is 34.5 Å². The van der Waals surface area contributed by atoms with Crippen LogP contribution in [0.3, 0.4) is 0 Å². The minimum absolute atomic E-state index is 0. The van der Waals surface area contributed by atoms with E-state index in [1.54, 1.807) is 0 Å². The number of hydrogen-bond donors (Lipinski definition) is 0. The molecule has 0 aliphatic heterocycles. The van der Waals surface area contributed by atoms with Gasteiger partial charge in [-0.2, -0.15) is 73.9 Å². The molecular weight excluding hydrogens is 660 g/mol. The molecule has 0 radical (unpaired) electrons. The van der Waals surface area contributed by atoms with Crippen LogP contribution in [0.5, 0.6) is 0 Å². The summed E-state index contributed by atoms with van der Waals surface area (Å²) in [6.07, 6.45) is 5.57. The molecule has 0 amide bonds. The largest absolute Gasteiger partial charge is 4.00 e. The molecule has 5 aromatic rings. The van der Waals surface area contributed by atoms with Crippen LogP contribution in [0.2, 0.25) is 0 Å². The summed E-state index contributed by atoms with van der Waals surface area (Å²) in [5, 5.41) is 5.23. The molecule has 5 rings (SSSR count). The van der Waals surface area contributed by atoms with E-state index in [0.29, 0.717) is 11.8 Å². The van der Waals surface area contributed by atoms with Crippen molar-refractivity contribution < 1.29 is 26.2 Å². The van der Waals surface area contributed by atoms with Gasteiger partial charge in [-0.15, -0.1) is 42.1 Å². The van der Waals surface area contributed by atoms with Crippen LogP contribution in [0.15, 0.2) is 128 Å². The zero-order valence-corrected chi connectivity index (χ0v) is 32.9. The molecule has 0 N–H and O–H groups in total. The molecular formula is C45H56N2Zr. The van der Waals surface area contributed by atoms with Crippen molar-refractivity contribution in [1.82, 2.24) is 4.98 Å². The van der Waals surface area contributed by atoms with E-state index in [1.807, 2.05) is 97.2 Å². The van der Waals surface area contributed by atoms with Crippen molar-refractivity contribution in [3.63, 3.8) is 0 Å². The molecule has 48 heavy (non-hydrogen) atoms. The molecule has 0 saturated heterocycles. The van der Waals surface area contributed by atoms with Gasteiger partial charge in [-0.25, -0.2) is 0 Å². The smallest absolute Gasteiger partial charge is 0.674 e. The van der Waals surface area contributed by atoms with Crippen molar-refractivity contribution in [2.45, 2.75) is 85.1 Å². The summed E-state index contributed by atoms with van der Waals surface area (Å²) < 4.78 is 0. The molecule has 0 atom stereocenters. The van der Waals surface area contributed by atoms with Crippen molar-refractivity contribution in [3.05, 3.63) is 193 Å². The number of pyridine rings is 1. The van der Waals surface area contributed by atoms with Gasteiger partial charge >= 0.3 is 26.2 Å². The van der Waals surface area contributed by atoms with Crippen molar-refractivity contribution in [2.75, 3.05) is 0 Å². The molecule has 4 aromatic carbocycles. The minimum atomic E-state index is -0.349. The molecule has 3 heteroatoms. The molecule has 0 aliphatic rings. The first kappa shape index (κ1) is 42.3. The third kappa shape index (κ3) is 15.9. The fraction of sp³-hybridized carbons (Fsp3) is 0.289. The second kappa shape index (κ2) is 22.8. The van der Waals surface area contributed by atoms with Gasteiger partial charge in [0.25, 0.3) is 0 Å². The number of unbranched alkanes of at least 4 members (excludes halogenated alkanes) is 1. The Bertz CT molecular complexity index is 1400. The molecule has 0 spiro atoms. The third-order valence-electron chi connectivity index (χ3n) is 7.53. The number of hydrogen-bond acceptors (Lipinski definition) is 1. The Hall–Kier alpha value is -3.68. The van der Waals surface area contributed by atoms with Gasteiger partial charge in [-0.05, 0) is 36.3 Å². The molecule has 0 saturated carbocycles. The SMILES string of the molecule is CCCCc1ccc(C(C)(C)[N-]c2c(C(C)C)cccc2C(C)C)nc1.[CH2-]c1ccccc1.[CH2-]c1ccccc1.[CH2-]c1ccccc1.[Zr+4]. The summed E-state index contributed by atoms with van der Waals surface area (Å²) >= 11 is 0. The average Bonchev–Trinajstić information content (AvgIpc) is 3.06. The van der Waals surface area contributed by atoms with Crippen molar-refractivity contribution >= 4 is 5.69 Å². The van der Waals surface area contributed by atoms with Gasteiger partial charge in [-0.1, -0.05) is 114 Å². The summed E-state index contributed by atoms with van der Waals surface area (Å²) in [7, 11) is 0. The fourth-order valence-electron chi connectivity index (χ4n) is 4.73. The summed E-state index contributed by atoms with van der Waals surface area (Å²) in [4.78, 5) is 4.75. The van der Waals surface area contributed by atoms with Crippen LogP contribution in [-0.2, 0) is 38.2 Å². The molecule has 0 fully saturated rings. The van der Waals surface area contributed by atoms with Crippen LogP contribution in [0.4, 0.5) is 5.69 Å². The summed E-state index contributed by atoms with van der Waals surface area (Å²) in [6.45, 7) is 26.7. The van der Waals surface area contributed by atoms with E-state index in [2.05, 4.69) is 99.6 Å². The van der Waals surface area contributed by atoms with Gasteiger partial charge < -0.3 is 5.32 Å². The number of aromatic nitrogens is 1. The first-order valence-electron chi connectivity index (χ1n) is 16.9. The zero-order valence-electron chi connectivity index (χ0n) is 30.4. The topological polar surface area (TPSA) is 27.0 Å². The fourth-order valence-corrected chi connectivity index (χ4v) is 4.73. The maximum atomic E-state index is 5.23. The van der Waals surface area contributed by atoms with Gasteiger partial charge in [0, 0.05) is 11.9 Å². The van der Waals surface area contributed by atoms with E-state index in [4.69, 9.17) is 10.3 Å². The van der Waals surface area contributed by atoms with E-state index in [-0.39, 0.29) is 31.7 Å². The van der Waals surface area contributed by atoms with Crippen molar-refractivity contribution in [1.29, 1.82) is 0 Å². The van der Waals surface area contributed by atoms with E-state index in [1.165, 1.54) is 29.5 Å². The van der Waals surface area contributed by atoms with Gasteiger partial charge in [0.05, 0.1) is 0 Å². The maximum Gasteiger partial charge on any atom is 4.00 e. The van der Waals surface area contributed by atoms with E-state index < -0.39 is 0 Å². The summed E-state index contributed by atoms with van der Waals surface area (Å²) in [6, 6.07) is 40.6. The summed E-state index contributed by atoms with van der Waals surface area (Å²) in [5.41, 5.74) is 9.01. The van der Waals surface area contributed by atoms with E-state index in [9.17, 15) is 0 Å².